The van der Waals surface area contributed by atoms with Gasteiger partial charge in [-0.1, -0.05) is 30.1 Å². The summed E-state index contributed by atoms with van der Waals surface area (Å²) in [6.45, 7) is 3.35. The monoisotopic (exact) mass is 285 g/mol. The molecule has 2 unspecified atom stereocenters. The summed E-state index contributed by atoms with van der Waals surface area (Å²) in [7, 11) is 0. The molecule has 1 aromatic rings. The number of hydrogen-bond donors (Lipinski definition) is 1. The zero-order chi connectivity index (χ0) is 13.0. The summed E-state index contributed by atoms with van der Waals surface area (Å²) in [5.74, 6) is 0.746. The van der Waals surface area contributed by atoms with E-state index in [1.54, 1.807) is 0 Å². The Kier molecular flexibility index (Phi) is 5.35. The van der Waals surface area contributed by atoms with Crippen LogP contribution in [-0.4, -0.2) is 12.6 Å². The molecule has 1 aliphatic rings. The van der Waals surface area contributed by atoms with Crippen molar-refractivity contribution < 1.29 is 0 Å². The summed E-state index contributed by atoms with van der Waals surface area (Å²) in [5.41, 5.74) is 1.20. The first-order valence-corrected chi connectivity index (χ1v) is 7.62. The number of benzene rings is 1. The van der Waals surface area contributed by atoms with Crippen LogP contribution in [0.15, 0.2) is 18.2 Å². The fourth-order valence-corrected chi connectivity index (χ4v) is 3.19. The molecule has 18 heavy (non-hydrogen) atoms. The highest BCUT2D eigenvalue weighted by Gasteiger charge is 2.24. The molecule has 0 radical (unpaired) electrons. The van der Waals surface area contributed by atoms with Crippen molar-refractivity contribution in [2.45, 2.75) is 45.1 Å². The fraction of sp³-hybridized carbons (Fsp3) is 0.600. The van der Waals surface area contributed by atoms with E-state index in [1.165, 1.54) is 31.2 Å². The van der Waals surface area contributed by atoms with Crippen molar-refractivity contribution >= 4 is 23.2 Å². The highest BCUT2D eigenvalue weighted by atomic mass is 35.5. The third-order valence-corrected chi connectivity index (χ3v) is 4.34. The minimum Gasteiger partial charge on any atom is -0.314 e. The normalized spacial score (nSPS) is 23.5. The molecule has 2 rings (SSSR count). The van der Waals surface area contributed by atoms with Gasteiger partial charge in [0.05, 0.1) is 0 Å². The first kappa shape index (κ1) is 14.2. The Hall–Kier alpha value is -0.240. The standard InChI is InChI=1S/C15H21Cl2N/c1-2-7-18-14-5-3-11(9-14)8-12-10-13(16)4-6-15(12)17/h4,6,10-11,14,18H,2-3,5,7-9H2,1H3. The topological polar surface area (TPSA) is 12.0 Å². The van der Waals surface area contributed by atoms with Crippen molar-refractivity contribution in [2.75, 3.05) is 6.54 Å². The van der Waals surface area contributed by atoms with Gasteiger partial charge in [-0.25, -0.2) is 0 Å². The van der Waals surface area contributed by atoms with Crippen molar-refractivity contribution in [3.8, 4) is 0 Å². The summed E-state index contributed by atoms with van der Waals surface area (Å²) in [5, 5.41) is 5.25. The Labute approximate surface area is 120 Å². The van der Waals surface area contributed by atoms with Gasteiger partial charge in [-0.15, -0.1) is 0 Å². The molecule has 1 saturated carbocycles. The first-order chi connectivity index (χ1) is 8.69. The molecular formula is C15H21Cl2N. The second kappa shape index (κ2) is 6.79. The Bertz CT molecular complexity index is 392. The van der Waals surface area contributed by atoms with Crippen LogP contribution in [0, 0.1) is 5.92 Å². The maximum absolute atomic E-state index is 6.22. The fourth-order valence-electron chi connectivity index (χ4n) is 2.80. The van der Waals surface area contributed by atoms with Crippen molar-refractivity contribution in [3.63, 3.8) is 0 Å². The number of hydrogen-bond acceptors (Lipinski definition) is 1. The lowest BCUT2D eigenvalue weighted by Crippen LogP contribution is -2.27. The lowest BCUT2D eigenvalue weighted by molar-refractivity contribution is 0.484. The number of rotatable bonds is 5. The molecule has 2 atom stereocenters. The molecule has 0 aliphatic heterocycles. The van der Waals surface area contributed by atoms with Crippen LogP contribution < -0.4 is 5.32 Å². The van der Waals surface area contributed by atoms with Gasteiger partial charge in [0, 0.05) is 16.1 Å². The Morgan fingerprint density at radius 1 is 1.28 bits per heavy atom. The largest absolute Gasteiger partial charge is 0.314 e. The molecule has 0 amide bonds. The van der Waals surface area contributed by atoms with Gasteiger partial charge in [0.2, 0.25) is 0 Å². The smallest absolute Gasteiger partial charge is 0.0439 e. The van der Waals surface area contributed by atoms with E-state index >= 15 is 0 Å². The summed E-state index contributed by atoms with van der Waals surface area (Å²) in [4.78, 5) is 0. The molecule has 1 N–H and O–H groups in total. The van der Waals surface area contributed by atoms with Gasteiger partial charge >= 0.3 is 0 Å². The van der Waals surface area contributed by atoms with E-state index in [2.05, 4.69) is 12.2 Å². The Morgan fingerprint density at radius 3 is 2.89 bits per heavy atom. The van der Waals surface area contributed by atoms with Crippen LogP contribution in [0.25, 0.3) is 0 Å². The second-order valence-corrected chi connectivity index (χ2v) is 6.11. The van der Waals surface area contributed by atoms with Crippen molar-refractivity contribution in [3.05, 3.63) is 33.8 Å². The molecule has 0 heterocycles. The van der Waals surface area contributed by atoms with Crippen LogP contribution in [0.3, 0.4) is 0 Å². The van der Waals surface area contributed by atoms with Crippen LogP contribution in [0.5, 0.6) is 0 Å². The zero-order valence-corrected chi connectivity index (χ0v) is 12.4. The van der Waals surface area contributed by atoms with Gasteiger partial charge in [-0.3, -0.25) is 0 Å². The summed E-state index contributed by atoms with van der Waals surface area (Å²) in [6.07, 6.45) is 6.13. The Balaban J connectivity index is 1.89. The predicted octanol–water partition coefficient (Wildman–Crippen LogP) is 4.70. The third kappa shape index (κ3) is 3.88. The lowest BCUT2D eigenvalue weighted by atomic mass is 9.98. The molecule has 1 aliphatic carbocycles. The molecule has 0 aromatic heterocycles. The van der Waals surface area contributed by atoms with E-state index in [0.29, 0.717) is 6.04 Å². The Morgan fingerprint density at radius 2 is 2.11 bits per heavy atom. The van der Waals surface area contributed by atoms with Crippen LogP contribution in [-0.2, 0) is 6.42 Å². The molecule has 1 nitrogen and oxygen atoms in total. The third-order valence-electron chi connectivity index (χ3n) is 3.74. The van der Waals surface area contributed by atoms with Crippen molar-refractivity contribution in [2.24, 2.45) is 5.92 Å². The van der Waals surface area contributed by atoms with E-state index in [4.69, 9.17) is 23.2 Å². The lowest BCUT2D eigenvalue weighted by Gasteiger charge is -2.13. The highest BCUT2D eigenvalue weighted by Crippen LogP contribution is 2.31. The van der Waals surface area contributed by atoms with Gasteiger partial charge in [-0.05, 0) is 68.3 Å². The summed E-state index contributed by atoms with van der Waals surface area (Å²) < 4.78 is 0. The minimum atomic E-state index is 0.702. The molecule has 0 spiro atoms. The maximum Gasteiger partial charge on any atom is 0.0439 e. The summed E-state index contributed by atoms with van der Waals surface area (Å²) in [6, 6.07) is 6.47. The molecule has 3 heteroatoms. The minimum absolute atomic E-state index is 0.702. The van der Waals surface area contributed by atoms with Gasteiger partial charge in [0.15, 0.2) is 0 Å². The van der Waals surface area contributed by atoms with Gasteiger partial charge in [0.1, 0.15) is 0 Å². The van der Waals surface area contributed by atoms with Crippen LogP contribution in [0.2, 0.25) is 10.0 Å². The van der Waals surface area contributed by atoms with E-state index in [9.17, 15) is 0 Å². The quantitative estimate of drug-likeness (QED) is 0.827. The van der Waals surface area contributed by atoms with Crippen molar-refractivity contribution in [1.29, 1.82) is 0 Å². The molecule has 1 fully saturated rings. The molecule has 1 aromatic carbocycles. The van der Waals surface area contributed by atoms with E-state index in [0.717, 1.165) is 28.9 Å². The number of halogens is 2. The van der Waals surface area contributed by atoms with Gasteiger partial charge in [0.25, 0.3) is 0 Å². The van der Waals surface area contributed by atoms with Crippen LogP contribution in [0.1, 0.15) is 38.2 Å². The molecule has 100 valence electrons. The van der Waals surface area contributed by atoms with Gasteiger partial charge in [-0.2, -0.15) is 0 Å². The number of nitrogens with one attached hydrogen (secondary N) is 1. The van der Waals surface area contributed by atoms with Crippen LogP contribution >= 0.6 is 23.2 Å². The highest BCUT2D eigenvalue weighted by molar-refractivity contribution is 6.33. The average molecular weight is 286 g/mol. The van der Waals surface area contributed by atoms with Crippen LogP contribution in [0.4, 0.5) is 0 Å². The van der Waals surface area contributed by atoms with E-state index < -0.39 is 0 Å². The van der Waals surface area contributed by atoms with Crippen molar-refractivity contribution in [1.82, 2.24) is 5.32 Å². The SMILES string of the molecule is CCCNC1CCC(Cc2cc(Cl)ccc2Cl)C1. The summed E-state index contributed by atoms with van der Waals surface area (Å²) >= 11 is 12.2. The van der Waals surface area contributed by atoms with E-state index in [-0.39, 0.29) is 0 Å². The van der Waals surface area contributed by atoms with E-state index in [1.807, 2.05) is 18.2 Å². The van der Waals surface area contributed by atoms with Gasteiger partial charge < -0.3 is 5.32 Å². The second-order valence-electron chi connectivity index (χ2n) is 5.27. The molecule has 0 bridgehead atoms. The average Bonchev–Trinajstić information content (AvgIpc) is 2.79. The molecular weight excluding hydrogens is 265 g/mol. The zero-order valence-electron chi connectivity index (χ0n) is 10.9. The first-order valence-electron chi connectivity index (χ1n) is 6.86. The maximum atomic E-state index is 6.22. The molecule has 0 saturated heterocycles. The predicted molar refractivity (Wildman–Crippen MR) is 79.6 cm³/mol.